The largest absolute Gasteiger partial charge is 0.338 e. The van der Waals surface area contributed by atoms with Crippen LogP contribution in [0.1, 0.15) is 36.8 Å². The lowest BCUT2D eigenvalue weighted by molar-refractivity contribution is 0.222. The summed E-state index contributed by atoms with van der Waals surface area (Å²) in [5.74, 6) is 0.690. The minimum atomic E-state index is -3.66. The number of para-hydroxylation sites is 1. The van der Waals surface area contributed by atoms with Crippen LogP contribution in [-0.4, -0.2) is 49.5 Å². The molecule has 2 aliphatic rings. The Kier molecular flexibility index (Phi) is 7.43. The second-order valence-electron chi connectivity index (χ2n) is 9.30. The molecule has 36 heavy (non-hydrogen) atoms. The number of fused-ring (bicyclic) bond motifs is 1. The predicted molar refractivity (Wildman–Crippen MR) is 144 cm³/mol. The maximum atomic E-state index is 12.4. The molecule has 5 rings (SSSR count). The van der Waals surface area contributed by atoms with Gasteiger partial charge in [-0.3, -0.25) is 0 Å². The zero-order valence-corrected chi connectivity index (χ0v) is 21.9. The SMILES string of the molecule is CNS(=O)(=O)c1ccccc1Nc1nc(Nc2ccc3c(c2)CCC(N2CCCC2)CC3)ncc1Cl. The van der Waals surface area contributed by atoms with Crippen molar-refractivity contribution in [3.8, 4) is 0 Å². The van der Waals surface area contributed by atoms with Crippen molar-refractivity contribution >= 4 is 44.8 Å². The van der Waals surface area contributed by atoms with Crippen LogP contribution >= 0.6 is 11.6 Å². The smallest absolute Gasteiger partial charge is 0.242 e. The third-order valence-corrected chi connectivity index (χ3v) is 8.80. The number of halogens is 1. The van der Waals surface area contributed by atoms with Gasteiger partial charge in [0, 0.05) is 11.7 Å². The van der Waals surface area contributed by atoms with Crippen LogP contribution in [0.15, 0.2) is 53.6 Å². The normalized spacial score (nSPS) is 18.4. The van der Waals surface area contributed by atoms with Gasteiger partial charge >= 0.3 is 0 Å². The number of benzene rings is 2. The summed E-state index contributed by atoms with van der Waals surface area (Å²) in [5.41, 5.74) is 4.08. The Hall–Kier alpha value is -2.72. The first kappa shape index (κ1) is 25.0. The molecule has 1 aliphatic heterocycles. The number of hydrogen-bond acceptors (Lipinski definition) is 7. The first-order chi connectivity index (χ1) is 17.4. The van der Waals surface area contributed by atoms with Crippen LogP contribution < -0.4 is 15.4 Å². The van der Waals surface area contributed by atoms with Crippen LogP contribution in [0.3, 0.4) is 0 Å². The van der Waals surface area contributed by atoms with Crippen molar-refractivity contribution in [2.45, 2.75) is 49.5 Å². The molecule has 10 heteroatoms. The maximum Gasteiger partial charge on any atom is 0.242 e. The molecule has 1 fully saturated rings. The fourth-order valence-electron chi connectivity index (χ4n) is 5.13. The van der Waals surface area contributed by atoms with Crippen LogP contribution in [0.25, 0.3) is 0 Å². The number of nitrogens with one attached hydrogen (secondary N) is 3. The summed E-state index contributed by atoms with van der Waals surface area (Å²) in [5, 5.41) is 6.62. The van der Waals surface area contributed by atoms with E-state index in [9.17, 15) is 8.42 Å². The average molecular weight is 527 g/mol. The van der Waals surface area contributed by atoms with Gasteiger partial charge in [0.15, 0.2) is 5.82 Å². The minimum Gasteiger partial charge on any atom is -0.338 e. The third kappa shape index (κ3) is 5.49. The number of likely N-dealkylation sites (tertiary alicyclic amines) is 1. The Labute approximate surface area is 217 Å². The molecule has 3 N–H and O–H groups in total. The van der Waals surface area contributed by atoms with Crippen LogP contribution in [0.2, 0.25) is 5.02 Å². The summed E-state index contributed by atoms with van der Waals surface area (Å²) in [6.45, 7) is 2.48. The molecule has 0 amide bonds. The number of anilines is 4. The second kappa shape index (κ2) is 10.7. The Bertz CT molecular complexity index is 1340. The van der Waals surface area contributed by atoms with Gasteiger partial charge in [0.05, 0.1) is 11.9 Å². The Morgan fingerprint density at radius 1 is 1.00 bits per heavy atom. The Balaban J connectivity index is 1.33. The van der Waals surface area contributed by atoms with Crippen LogP contribution in [0, 0.1) is 0 Å². The van der Waals surface area contributed by atoms with Crippen LogP contribution in [0.4, 0.5) is 23.1 Å². The highest BCUT2D eigenvalue weighted by molar-refractivity contribution is 7.89. The summed E-state index contributed by atoms with van der Waals surface area (Å²) in [7, 11) is -2.29. The molecular formula is C26H31ClN6O2S. The fraction of sp³-hybridized carbons (Fsp3) is 0.385. The standard InChI is InChI=1S/C26H31ClN6O2S/c1-28-36(34,35)24-7-3-2-6-23(24)31-25-22(27)17-29-26(32-25)30-20-11-8-18-9-12-21(13-10-19(18)16-20)33-14-4-5-15-33/h2-3,6-8,11,16-17,21,28H,4-5,9-10,12-15H2,1H3,(H2,29,30,31,32). The van der Waals surface area contributed by atoms with Gasteiger partial charge in [-0.1, -0.05) is 29.8 Å². The van der Waals surface area contributed by atoms with Crippen molar-refractivity contribution < 1.29 is 8.42 Å². The van der Waals surface area contributed by atoms with Crippen molar-refractivity contribution in [1.82, 2.24) is 19.6 Å². The van der Waals surface area contributed by atoms with E-state index in [0.29, 0.717) is 23.5 Å². The molecule has 190 valence electrons. The molecule has 3 aromatic rings. The summed E-state index contributed by atoms with van der Waals surface area (Å²) in [6, 6.07) is 13.7. The van der Waals surface area contributed by atoms with Gasteiger partial charge in [0.2, 0.25) is 16.0 Å². The molecule has 2 aromatic carbocycles. The van der Waals surface area contributed by atoms with Crippen molar-refractivity contribution in [3.63, 3.8) is 0 Å². The number of aromatic nitrogens is 2. The lowest BCUT2D eigenvalue weighted by Crippen LogP contribution is -2.32. The van der Waals surface area contributed by atoms with Crippen molar-refractivity contribution in [2.75, 3.05) is 30.8 Å². The highest BCUT2D eigenvalue weighted by atomic mass is 35.5. The molecule has 2 heterocycles. The van der Waals surface area contributed by atoms with E-state index in [0.717, 1.165) is 18.5 Å². The van der Waals surface area contributed by atoms with E-state index in [-0.39, 0.29) is 9.92 Å². The number of nitrogens with zero attached hydrogens (tertiary/aromatic N) is 3. The Morgan fingerprint density at radius 2 is 1.75 bits per heavy atom. The third-order valence-electron chi connectivity index (χ3n) is 7.06. The minimum absolute atomic E-state index is 0.106. The van der Waals surface area contributed by atoms with Crippen molar-refractivity contribution in [3.05, 3.63) is 64.8 Å². The van der Waals surface area contributed by atoms with E-state index < -0.39 is 10.0 Å². The van der Waals surface area contributed by atoms with E-state index in [2.05, 4.69) is 48.4 Å². The Morgan fingerprint density at radius 3 is 2.53 bits per heavy atom. The monoisotopic (exact) mass is 526 g/mol. The van der Waals surface area contributed by atoms with E-state index in [1.807, 2.05) is 0 Å². The van der Waals surface area contributed by atoms with Crippen molar-refractivity contribution in [1.29, 1.82) is 0 Å². The maximum absolute atomic E-state index is 12.4. The van der Waals surface area contributed by atoms with Gasteiger partial charge in [-0.2, -0.15) is 4.98 Å². The van der Waals surface area contributed by atoms with Gasteiger partial charge in [-0.15, -0.1) is 0 Å². The molecule has 0 saturated carbocycles. The molecular weight excluding hydrogens is 496 g/mol. The molecule has 0 spiro atoms. The van der Waals surface area contributed by atoms with Crippen LogP contribution in [0.5, 0.6) is 0 Å². The van der Waals surface area contributed by atoms with Gasteiger partial charge < -0.3 is 15.5 Å². The first-order valence-electron chi connectivity index (χ1n) is 12.4. The number of hydrogen-bond donors (Lipinski definition) is 3. The summed E-state index contributed by atoms with van der Waals surface area (Å²) >= 11 is 6.35. The zero-order valence-electron chi connectivity index (χ0n) is 20.3. The molecule has 1 atom stereocenters. The lowest BCUT2D eigenvalue weighted by atomic mass is 10.0. The molecule has 0 bridgehead atoms. The zero-order chi connectivity index (χ0) is 25.1. The lowest BCUT2D eigenvalue weighted by Gasteiger charge is -2.25. The van der Waals surface area contributed by atoms with Gasteiger partial charge in [-0.25, -0.2) is 18.1 Å². The van der Waals surface area contributed by atoms with E-state index >= 15 is 0 Å². The van der Waals surface area contributed by atoms with Gasteiger partial charge in [0.25, 0.3) is 0 Å². The van der Waals surface area contributed by atoms with E-state index in [1.165, 1.54) is 69.2 Å². The number of sulfonamides is 1. The van der Waals surface area contributed by atoms with Crippen molar-refractivity contribution in [2.24, 2.45) is 0 Å². The first-order valence-corrected chi connectivity index (χ1v) is 14.2. The summed E-state index contributed by atoms with van der Waals surface area (Å²) < 4.78 is 27.2. The molecule has 1 aromatic heterocycles. The summed E-state index contributed by atoms with van der Waals surface area (Å²) in [4.78, 5) is 11.6. The molecule has 1 unspecified atom stereocenters. The quantitative estimate of drug-likeness (QED) is 0.378. The topological polar surface area (TPSA) is 99.2 Å². The summed E-state index contributed by atoms with van der Waals surface area (Å²) in [6.07, 6.45) is 8.74. The van der Waals surface area contributed by atoms with Crippen LogP contribution in [-0.2, 0) is 22.9 Å². The predicted octanol–water partition coefficient (Wildman–Crippen LogP) is 4.87. The fourth-order valence-corrected chi connectivity index (χ4v) is 6.15. The van der Waals surface area contributed by atoms with Gasteiger partial charge in [0.1, 0.15) is 9.92 Å². The molecule has 8 nitrogen and oxygen atoms in total. The number of aryl methyl sites for hydroxylation is 2. The molecule has 1 saturated heterocycles. The number of rotatable bonds is 7. The highest BCUT2D eigenvalue weighted by Gasteiger charge is 2.24. The molecule has 0 radical (unpaired) electrons. The average Bonchev–Trinajstić information content (AvgIpc) is 3.34. The van der Waals surface area contributed by atoms with E-state index in [4.69, 9.17) is 11.6 Å². The highest BCUT2D eigenvalue weighted by Crippen LogP contribution is 2.31. The van der Waals surface area contributed by atoms with Gasteiger partial charge in [-0.05, 0) is 94.1 Å². The van der Waals surface area contributed by atoms with E-state index in [1.54, 1.807) is 18.2 Å². The molecule has 1 aliphatic carbocycles. The second-order valence-corrected chi connectivity index (χ2v) is 11.6.